The van der Waals surface area contributed by atoms with Gasteiger partial charge in [0.15, 0.2) is 0 Å². The van der Waals surface area contributed by atoms with Crippen LogP contribution in [0.4, 0.5) is 14.5 Å². The van der Waals surface area contributed by atoms with Gasteiger partial charge in [-0.05, 0) is 25.1 Å². The number of carbonyl (C=O) groups excluding carboxylic acids is 1. The predicted molar refractivity (Wildman–Crippen MR) is 86.1 cm³/mol. The van der Waals surface area contributed by atoms with Gasteiger partial charge in [-0.1, -0.05) is 0 Å². The van der Waals surface area contributed by atoms with Crippen LogP contribution in [-0.4, -0.2) is 30.4 Å². The van der Waals surface area contributed by atoms with Crippen LogP contribution in [-0.2, 0) is 7.05 Å². The van der Waals surface area contributed by atoms with E-state index in [1.54, 1.807) is 30.1 Å². The molecular formula is C16H14F2N6O. The second kappa shape index (κ2) is 6.71. The molecule has 128 valence electrons. The van der Waals surface area contributed by atoms with Gasteiger partial charge in [-0.3, -0.25) is 9.78 Å². The number of hydrogen-bond donors (Lipinski definition) is 1. The van der Waals surface area contributed by atoms with Gasteiger partial charge in [0.05, 0.1) is 35.8 Å². The topological polar surface area (TPSA) is 85.6 Å². The first-order chi connectivity index (χ1) is 11.9. The summed E-state index contributed by atoms with van der Waals surface area (Å²) in [5.41, 5.74) is 1.83. The van der Waals surface area contributed by atoms with E-state index in [1.165, 1.54) is 6.07 Å². The average molecular weight is 344 g/mol. The highest BCUT2D eigenvalue weighted by atomic mass is 19.3. The number of aromatic nitrogens is 5. The summed E-state index contributed by atoms with van der Waals surface area (Å²) < 4.78 is 26.8. The second-order valence-corrected chi connectivity index (χ2v) is 5.33. The summed E-state index contributed by atoms with van der Waals surface area (Å²) in [5.74, 6) is -0.590. The Bertz CT molecular complexity index is 907. The summed E-state index contributed by atoms with van der Waals surface area (Å²) >= 11 is 0. The van der Waals surface area contributed by atoms with Crippen LogP contribution in [0, 0.1) is 6.92 Å². The van der Waals surface area contributed by atoms with Crippen molar-refractivity contribution in [3.05, 3.63) is 54.1 Å². The lowest BCUT2D eigenvalue weighted by Gasteiger charge is -2.08. The maximum absolute atomic E-state index is 12.5. The predicted octanol–water partition coefficient (Wildman–Crippen LogP) is 2.77. The summed E-state index contributed by atoms with van der Waals surface area (Å²) in [6.45, 7) is 1.75. The van der Waals surface area contributed by atoms with E-state index in [4.69, 9.17) is 0 Å². The van der Waals surface area contributed by atoms with Crippen molar-refractivity contribution >= 4 is 11.6 Å². The van der Waals surface area contributed by atoms with Gasteiger partial charge in [0.2, 0.25) is 5.82 Å². The zero-order valence-corrected chi connectivity index (χ0v) is 13.4. The lowest BCUT2D eigenvalue weighted by molar-refractivity contribution is 0.101. The van der Waals surface area contributed by atoms with E-state index in [2.05, 4.69) is 25.3 Å². The molecule has 0 aromatic carbocycles. The first-order valence-corrected chi connectivity index (χ1v) is 7.32. The molecule has 0 aliphatic heterocycles. The van der Waals surface area contributed by atoms with Gasteiger partial charge in [0.25, 0.3) is 12.3 Å². The molecule has 25 heavy (non-hydrogen) atoms. The Morgan fingerprint density at radius 2 is 2.04 bits per heavy atom. The van der Waals surface area contributed by atoms with Crippen LogP contribution in [0.5, 0.6) is 0 Å². The fourth-order valence-electron chi connectivity index (χ4n) is 2.20. The maximum atomic E-state index is 12.5. The van der Waals surface area contributed by atoms with Crippen LogP contribution in [0.25, 0.3) is 11.4 Å². The normalized spacial score (nSPS) is 10.9. The Morgan fingerprint density at radius 3 is 2.64 bits per heavy atom. The number of amides is 1. The number of nitrogens with zero attached hydrogens (tertiary/aromatic N) is 5. The minimum atomic E-state index is -2.66. The molecule has 1 N–H and O–H groups in total. The quantitative estimate of drug-likeness (QED) is 0.786. The van der Waals surface area contributed by atoms with Crippen LogP contribution in [0.1, 0.15) is 28.4 Å². The summed E-state index contributed by atoms with van der Waals surface area (Å²) in [4.78, 5) is 28.4. The van der Waals surface area contributed by atoms with E-state index in [0.717, 1.165) is 18.0 Å². The summed E-state index contributed by atoms with van der Waals surface area (Å²) in [7, 11) is 1.82. The number of nitrogens with one attached hydrogen (secondary N) is 1. The molecule has 0 unspecified atom stereocenters. The zero-order valence-electron chi connectivity index (χ0n) is 13.4. The van der Waals surface area contributed by atoms with Gasteiger partial charge in [-0.15, -0.1) is 0 Å². The van der Waals surface area contributed by atoms with E-state index in [0.29, 0.717) is 11.4 Å². The molecule has 3 aromatic rings. The van der Waals surface area contributed by atoms with Crippen molar-refractivity contribution in [3.63, 3.8) is 0 Å². The molecule has 0 atom stereocenters. The number of carbonyl (C=O) groups is 1. The minimum Gasteiger partial charge on any atom is -0.332 e. The number of anilines is 1. The Balaban J connectivity index is 1.85. The average Bonchev–Trinajstić information content (AvgIpc) is 3.01. The molecule has 0 fully saturated rings. The van der Waals surface area contributed by atoms with Gasteiger partial charge < -0.3 is 9.88 Å². The zero-order chi connectivity index (χ0) is 18.0. The largest absolute Gasteiger partial charge is 0.332 e. The number of aryl methyl sites for hydroxylation is 2. The van der Waals surface area contributed by atoms with Crippen molar-refractivity contribution in [2.45, 2.75) is 13.3 Å². The minimum absolute atomic E-state index is 0.0332. The highest BCUT2D eigenvalue weighted by Gasteiger charge is 2.15. The summed E-state index contributed by atoms with van der Waals surface area (Å²) in [6.07, 6.45) is 1.77. The highest BCUT2D eigenvalue weighted by molar-refractivity contribution is 6.01. The van der Waals surface area contributed by atoms with Crippen molar-refractivity contribution in [2.24, 2.45) is 7.05 Å². The molecule has 3 rings (SSSR count). The number of rotatable bonds is 4. The molecule has 1 amide bonds. The number of imidazole rings is 1. The number of alkyl halides is 2. The molecule has 3 aromatic heterocycles. The van der Waals surface area contributed by atoms with E-state index in [-0.39, 0.29) is 17.2 Å². The SMILES string of the molecule is Cc1cc(-c2cncn2C)nc(C(=O)Nc2ccc(C(F)F)nc2)n1. The van der Waals surface area contributed by atoms with Gasteiger partial charge in [-0.2, -0.15) is 0 Å². The van der Waals surface area contributed by atoms with Crippen molar-refractivity contribution in [1.82, 2.24) is 24.5 Å². The first kappa shape index (κ1) is 16.6. The molecule has 9 heteroatoms. The van der Waals surface area contributed by atoms with Crippen molar-refractivity contribution in [2.75, 3.05) is 5.32 Å². The molecular weight excluding hydrogens is 330 g/mol. The van der Waals surface area contributed by atoms with Crippen LogP contribution in [0.15, 0.2) is 36.9 Å². The molecule has 0 saturated heterocycles. The highest BCUT2D eigenvalue weighted by Crippen LogP contribution is 2.19. The molecule has 0 aliphatic rings. The third-order valence-corrected chi connectivity index (χ3v) is 3.40. The van der Waals surface area contributed by atoms with Gasteiger partial charge in [0.1, 0.15) is 5.69 Å². The van der Waals surface area contributed by atoms with Gasteiger partial charge in [0, 0.05) is 12.7 Å². The number of hydrogen-bond acceptors (Lipinski definition) is 5. The van der Waals surface area contributed by atoms with Gasteiger partial charge in [-0.25, -0.2) is 23.7 Å². The molecule has 7 nitrogen and oxygen atoms in total. The number of pyridine rings is 1. The molecule has 0 saturated carbocycles. The lowest BCUT2D eigenvalue weighted by atomic mass is 10.2. The number of halogens is 2. The van der Waals surface area contributed by atoms with E-state index >= 15 is 0 Å². The Kier molecular flexibility index (Phi) is 4.46. The summed E-state index contributed by atoms with van der Waals surface area (Å²) in [5, 5.41) is 2.54. The van der Waals surface area contributed by atoms with Crippen LogP contribution in [0.3, 0.4) is 0 Å². The fourth-order valence-corrected chi connectivity index (χ4v) is 2.20. The summed E-state index contributed by atoms with van der Waals surface area (Å²) in [6, 6.07) is 4.25. The van der Waals surface area contributed by atoms with Gasteiger partial charge >= 0.3 is 0 Å². The fraction of sp³-hybridized carbons (Fsp3) is 0.188. The molecule has 0 aliphatic carbocycles. The van der Waals surface area contributed by atoms with E-state index < -0.39 is 12.3 Å². The third kappa shape index (κ3) is 3.65. The maximum Gasteiger partial charge on any atom is 0.293 e. The van der Waals surface area contributed by atoms with Crippen LogP contribution >= 0.6 is 0 Å². The van der Waals surface area contributed by atoms with Crippen LogP contribution < -0.4 is 5.32 Å². The second-order valence-electron chi connectivity index (χ2n) is 5.33. The molecule has 0 radical (unpaired) electrons. The Hall–Kier alpha value is -3.23. The van der Waals surface area contributed by atoms with E-state index in [9.17, 15) is 13.6 Å². The lowest BCUT2D eigenvalue weighted by Crippen LogP contribution is -2.17. The van der Waals surface area contributed by atoms with E-state index in [1.807, 2.05) is 7.05 Å². The Labute approximate surface area is 141 Å². The molecule has 0 bridgehead atoms. The standard InChI is InChI=1S/C16H14F2N6O/c1-9-5-12(13-7-19-8-24(13)2)23-15(21-9)16(25)22-10-3-4-11(14(17)18)20-6-10/h3-8,14H,1-2H3,(H,22,25). The van der Waals surface area contributed by atoms with Crippen molar-refractivity contribution in [3.8, 4) is 11.4 Å². The molecule has 3 heterocycles. The smallest absolute Gasteiger partial charge is 0.293 e. The Morgan fingerprint density at radius 1 is 1.24 bits per heavy atom. The van der Waals surface area contributed by atoms with Crippen molar-refractivity contribution in [1.29, 1.82) is 0 Å². The molecule has 0 spiro atoms. The van der Waals surface area contributed by atoms with Crippen LogP contribution in [0.2, 0.25) is 0 Å². The first-order valence-electron chi connectivity index (χ1n) is 7.32. The monoisotopic (exact) mass is 344 g/mol. The third-order valence-electron chi connectivity index (χ3n) is 3.40. The van der Waals surface area contributed by atoms with Crippen molar-refractivity contribution < 1.29 is 13.6 Å².